The number of likely N-dealkylation sites (tertiary alicyclic amines) is 1. The Kier molecular flexibility index (Phi) is 4.59. The van der Waals surface area contributed by atoms with Crippen LogP contribution < -0.4 is 5.73 Å². The smallest absolute Gasteiger partial charge is 0.225 e. The maximum absolute atomic E-state index is 11.7. The fraction of sp³-hybridized carbons (Fsp3) is 0.562. The highest BCUT2D eigenvalue weighted by atomic mass is 16.1. The Labute approximate surface area is 116 Å². The first-order valence-corrected chi connectivity index (χ1v) is 7.28. The molecule has 0 saturated carbocycles. The molecule has 1 aliphatic heterocycles. The van der Waals surface area contributed by atoms with Crippen LogP contribution in [0, 0.1) is 0 Å². The van der Waals surface area contributed by atoms with Gasteiger partial charge in [0.2, 0.25) is 5.91 Å². The van der Waals surface area contributed by atoms with Crippen molar-refractivity contribution in [3.05, 3.63) is 35.9 Å². The largest absolute Gasteiger partial charge is 0.369 e. The third-order valence-electron chi connectivity index (χ3n) is 4.40. The molecule has 2 rings (SSSR count). The first kappa shape index (κ1) is 14.1. The van der Waals surface area contributed by atoms with Crippen molar-refractivity contribution in [2.45, 2.75) is 31.6 Å². The molecule has 1 atom stereocenters. The summed E-state index contributed by atoms with van der Waals surface area (Å²) < 4.78 is 1.09. The van der Waals surface area contributed by atoms with Crippen molar-refractivity contribution in [1.82, 2.24) is 0 Å². The average molecular weight is 261 g/mol. The van der Waals surface area contributed by atoms with Gasteiger partial charge in [0.1, 0.15) is 0 Å². The predicted molar refractivity (Wildman–Crippen MR) is 77.6 cm³/mol. The first-order valence-electron chi connectivity index (χ1n) is 7.28. The zero-order valence-electron chi connectivity index (χ0n) is 11.8. The molecule has 19 heavy (non-hydrogen) atoms. The van der Waals surface area contributed by atoms with E-state index < -0.39 is 0 Å². The SMILES string of the molecule is C[N+]1(CCC(C(N)=O)c2ccccc2)CCCCC1. The number of rotatable bonds is 5. The molecule has 0 spiro atoms. The number of primary amides is 1. The molecular formula is C16H25N2O+. The van der Waals surface area contributed by atoms with E-state index in [2.05, 4.69) is 7.05 Å². The molecule has 1 aliphatic rings. The lowest BCUT2D eigenvalue weighted by molar-refractivity contribution is -0.914. The molecule has 1 fully saturated rings. The summed E-state index contributed by atoms with van der Waals surface area (Å²) in [4.78, 5) is 11.7. The lowest BCUT2D eigenvalue weighted by Crippen LogP contribution is -2.49. The van der Waals surface area contributed by atoms with Crippen molar-refractivity contribution in [2.75, 3.05) is 26.7 Å². The number of nitrogens with zero attached hydrogens (tertiary/aromatic N) is 1. The van der Waals surface area contributed by atoms with E-state index in [1.54, 1.807) is 0 Å². The summed E-state index contributed by atoms with van der Waals surface area (Å²) in [7, 11) is 2.31. The molecule has 1 aromatic carbocycles. The van der Waals surface area contributed by atoms with E-state index >= 15 is 0 Å². The fourth-order valence-corrected chi connectivity index (χ4v) is 3.10. The number of benzene rings is 1. The third kappa shape index (κ3) is 3.80. The van der Waals surface area contributed by atoms with Gasteiger partial charge < -0.3 is 10.2 Å². The molecule has 0 radical (unpaired) electrons. The van der Waals surface area contributed by atoms with E-state index in [0.29, 0.717) is 0 Å². The summed E-state index contributed by atoms with van der Waals surface area (Å²) in [6.07, 6.45) is 4.83. The predicted octanol–water partition coefficient (Wildman–Crippen LogP) is 2.28. The second-order valence-corrected chi connectivity index (χ2v) is 6.01. The second-order valence-electron chi connectivity index (χ2n) is 6.01. The van der Waals surface area contributed by atoms with Crippen molar-refractivity contribution < 1.29 is 9.28 Å². The highest BCUT2D eigenvalue weighted by molar-refractivity contribution is 5.81. The Balaban J connectivity index is 2.00. The Bertz CT molecular complexity index is 410. The van der Waals surface area contributed by atoms with Crippen LogP contribution in [0.3, 0.4) is 0 Å². The van der Waals surface area contributed by atoms with Gasteiger partial charge >= 0.3 is 0 Å². The third-order valence-corrected chi connectivity index (χ3v) is 4.40. The van der Waals surface area contributed by atoms with Crippen LogP contribution in [0.4, 0.5) is 0 Å². The van der Waals surface area contributed by atoms with Crippen molar-refractivity contribution in [3.8, 4) is 0 Å². The molecule has 3 nitrogen and oxygen atoms in total. The van der Waals surface area contributed by atoms with Crippen molar-refractivity contribution in [2.24, 2.45) is 5.73 Å². The van der Waals surface area contributed by atoms with Gasteiger partial charge in [-0.2, -0.15) is 0 Å². The molecule has 1 unspecified atom stereocenters. The highest BCUT2D eigenvalue weighted by Crippen LogP contribution is 2.23. The van der Waals surface area contributed by atoms with Crippen LogP contribution in [0.25, 0.3) is 0 Å². The molecule has 0 aromatic heterocycles. The van der Waals surface area contributed by atoms with Crippen LogP contribution in [0.1, 0.15) is 37.2 Å². The van der Waals surface area contributed by atoms with E-state index in [-0.39, 0.29) is 11.8 Å². The van der Waals surface area contributed by atoms with Gasteiger partial charge in [0.15, 0.2) is 0 Å². The van der Waals surface area contributed by atoms with Gasteiger partial charge in [-0.3, -0.25) is 4.79 Å². The Morgan fingerprint density at radius 3 is 2.42 bits per heavy atom. The molecule has 0 bridgehead atoms. The number of nitrogens with two attached hydrogens (primary N) is 1. The van der Waals surface area contributed by atoms with Crippen molar-refractivity contribution >= 4 is 5.91 Å². The topological polar surface area (TPSA) is 43.1 Å². The zero-order chi connectivity index (χ0) is 13.7. The van der Waals surface area contributed by atoms with Gasteiger partial charge in [0, 0.05) is 6.42 Å². The van der Waals surface area contributed by atoms with E-state index in [1.165, 1.54) is 32.4 Å². The second kappa shape index (κ2) is 6.20. The van der Waals surface area contributed by atoms with Crippen LogP contribution in [0.5, 0.6) is 0 Å². The van der Waals surface area contributed by atoms with E-state index in [4.69, 9.17) is 5.73 Å². The van der Waals surface area contributed by atoms with E-state index in [9.17, 15) is 4.79 Å². The van der Waals surface area contributed by atoms with Gasteiger partial charge in [-0.15, -0.1) is 0 Å². The first-order chi connectivity index (χ1) is 9.11. The van der Waals surface area contributed by atoms with Gasteiger partial charge in [0.25, 0.3) is 0 Å². The molecule has 1 saturated heterocycles. The summed E-state index contributed by atoms with van der Waals surface area (Å²) in [5, 5.41) is 0. The lowest BCUT2D eigenvalue weighted by Gasteiger charge is -2.38. The van der Waals surface area contributed by atoms with Gasteiger partial charge in [-0.1, -0.05) is 30.3 Å². The zero-order valence-corrected chi connectivity index (χ0v) is 11.8. The Morgan fingerprint density at radius 2 is 1.84 bits per heavy atom. The quantitative estimate of drug-likeness (QED) is 0.812. The molecule has 3 heteroatoms. The molecule has 1 amide bonds. The van der Waals surface area contributed by atoms with Crippen molar-refractivity contribution in [3.63, 3.8) is 0 Å². The maximum Gasteiger partial charge on any atom is 0.225 e. The standard InChI is InChI=1S/C16H24N2O/c1-18(11-6-3-7-12-18)13-10-15(16(17)19)14-8-4-2-5-9-14/h2,4-5,8-9,15H,3,6-7,10-13H2,1H3,(H-,17,19)/p+1. The summed E-state index contributed by atoms with van der Waals surface area (Å²) in [5.41, 5.74) is 6.64. The van der Waals surface area contributed by atoms with Gasteiger partial charge in [0.05, 0.1) is 32.6 Å². The minimum Gasteiger partial charge on any atom is -0.369 e. The summed E-state index contributed by atoms with van der Waals surface area (Å²) in [6, 6.07) is 9.93. The average Bonchev–Trinajstić information content (AvgIpc) is 2.40. The number of hydrogen-bond donors (Lipinski definition) is 1. The van der Waals surface area contributed by atoms with Crippen LogP contribution in [-0.4, -0.2) is 37.1 Å². The van der Waals surface area contributed by atoms with E-state index in [0.717, 1.165) is 23.0 Å². The summed E-state index contributed by atoms with van der Waals surface area (Å²) >= 11 is 0. The Hall–Kier alpha value is -1.35. The minimum absolute atomic E-state index is 0.141. The molecule has 1 heterocycles. The number of quaternary nitrogens is 1. The summed E-state index contributed by atoms with van der Waals surface area (Å²) in [5.74, 6) is -0.340. The monoisotopic (exact) mass is 261 g/mol. The normalized spacial score (nSPS) is 19.8. The number of hydrogen-bond acceptors (Lipinski definition) is 1. The molecular weight excluding hydrogens is 236 g/mol. The van der Waals surface area contributed by atoms with Crippen LogP contribution in [0.15, 0.2) is 30.3 Å². The molecule has 0 aliphatic carbocycles. The van der Waals surface area contributed by atoms with Gasteiger partial charge in [-0.25, -0.2) is 0 Å². The highest BCUT2D eigenvalue weighted by Gasteiger charge is 2.27. The summed E-state index contributed by atoms with van der Waals surface area (Å²) in [6.45, 7) is 3.52. The molecule has 2 N–H and O–H groups in total. The van der Waals surface area contributed by atoms with Crippen LogP contribution in [0.2, 0.25) is 0 Å². The number of carbonyl (C=O) groups is 1. The van der Waals surface area contributed by atoms with Crippen LogP contribution >= 0.6 is 0 Å². The Morgan fingerprint density at radius 1 is 1.21 bits per heavy atom. The maximum atomic E-state index is 11.7. The van der Waals surface area contributed by atoms with E-state index in [1.807, 2.05) is 30.3 Å². The van der Waals surface area contributed by atoms with Crippen molar-refractivity contribution in [1.29, 1.82) is 0 Å². The number of carbonyl (C=O) groups excluding carboxylic acids is 1. The molecule has 1 aromatic rings. The lowest BCUT2D eigenvalue weighted by atomic mass is 9.94. The number of amides is 1. The van der Waals surface area contributed by atoms with Gasteiger partial charge in [-0.05, 0) is 24.8 Å². The minimum atomic E-state index is -0.199. The number of piperidine rings is 1. The molecule has 104 valence electrons. The fourth-order valence-electron chi connectivity index (χ4n) is 3.10. The van der Waals surface area contributed by atoms with Crippen LogP contribution in [-0.2, 0) is 4.79 Å².